The van der Waals surface area contributed by atoms with E-state index < -0.39 is 38.1 Å². The van der Waals surface area contributed by atoms with Gasteiger partial charge in [0.2, 0.25) is 0 Å². The van der Waals surface area contributed by atoms with Crippen LogP contribution in [0.15, 0.2) is 41.3 Å². The molecule has 0 saturated heterocycles. The van der Waals surface area contributed by atoms with Gasteiger partial charge in [-0.3, -0.25) is 4.72 Å². The van der Waals surface area contributed by atoms with Gasteiger partial charge in [0, 0.05) is 6.07 Å². The van der Waals surface area contributed by atoms with Crippen LogP contribution in [0.5, 0.6) is 0 Å². The van der Waals surface area contributed by atoms with Crippen LogP contribution in [0.1, 0.15) is 0 Å². The Kier molecular flexibility index (Phi) is 3.92. The van der Waals surface area contributed by atoms with Crippen LogP contribution >= 0.6 is 11.6 Å². The van der Waals surface area contributed by atoms with Gasteiger partial charge in [-0.15, -0.1) is 0 Å². The van der Waals surface area contributed by atoms with Crippen molar-refractivity contribution in [3.05, 3.63) is 58.9 Å². The highest BCUT2D eigenvalue weighted by Crippen LogP contribution is 2.25. The maximum atomic E-state index is 13.7. The Hall–Kier alpha value is -1.73. The number of benzene rings is 2. The second kappa shape index (κ2) is 5.34. The minimum absolute atomic E-state index is 0.382. The topological polar surface area (TPSA) is 46.2 Å². The monoisotopic (exact) mass is 321 g/mol. The first-order valence-electron chi connectivity index (χ1n) is 5.23. The fraction of sp³-hybridized carbons (Fsp3) is 0. The van der Waals surface area contributed by atoms with Crippen LogP contribution in [-0.2, 0) is 10.0 Å². The average Bonchev–Trinajstić information content (AvgIpc) is 2.36. The highest BCUT2D eigenvalue weighted by Gasteiger charge is 2.22. The quantitative estimate of drug-likeness (QED) is 0.939. The van der Waals surface area contributed by atoms with E-state index in [0.717, 1.165) is 18.2 Å². The van der Waals surface area contributed by atoms with Gasteiger partial charge in [-0.2, -0.15) is 0 Å². The minimum atomic E-state index is -4.37. The van der Waals surface area contributed by atoms with Gasteiger partial charge in [0.15, 0.2) is 5.82 Å². The normalized spacial score (nSPS) is 11.4. The summed E-state index contributed by atoms with van der Waals surface area (Å²) in [6.07, 6.45) is 0. The van der Waals surface area contributed by atoms with Crippen molar-refractivity contribution in [3.8, 4) is 0 Å². The SMILES string of the molecule is O=S(=O)(Nc1ccc(F)cc1F)c1cccc(Cl)c1F. The second-order valence-corrected chi connectivity index (χ2v) is 5.84. The standard InChI is InChI=1S/C12H7ClF3NO2S/c13-8-2-1-3-11(12(8)16)20(18,19)17-10-5-4-7(14)6-9(10)15/h1-6,17H. The van der Waals surface area contributed by atoms with Crippen LogP contribution in [0.4, 0.5) is 18.9 Å². The van der Waals surface area contributed by atoms with Gasteiger partial charge in [-0.05, 0) is 24.3 Å². The maximum absolute atomic E-state index is 13.7. The maximum Gasteiger partial charge on any atom is 0.264 e. The Morgan fingerprint density at radius 3 is 2.40 bits per heavy atom. The zero-order valence-corrected chi connectivity index (χ0v) is 11.3. The van der Waals surface area contributed by atoms with E-state index in [0.29, 0.717) is 6.07 Å². The summed E-state index contributed by atoms with van der Waals surface area (Å²) in [5.74, 6) is -3.13. The van der Waals surface area contributed by atoms with Crippen molar-refractivity contribution in [1.82, 2.24) is 0 Å². The third-order valence-electron chi connectivity index (χ3n) is 2.38. The molecule has 106 valence electrons. The molecule has 0 aliphatic carbocycles. The number of anilines is 1. The van der Waals surface area contributed by atoms with Crippen molar-refractivity contribution in [1.29, 1.82) is 0 Å². The Morgan fingerprint density at radius 1 is 1.05 bits per heavy atom. The highest BCUT2D eigenvalue weighted by atomic mass is 35.5. The number of nitrogens with one attached hydrogen (secondary N) is 1. The highest BCUT2D eigenvalue weighted by molar-refractivity contribution is 7.92. The second-order valence-electron chi connectivity index (χ2n) is 3.78. The van der Waals surface area contributed by atoms with Crippen LogP contribution in [0.25, 0.3) is 0 Å². The number of sulfonamides is 1. The van der Waals surface area contributed by atoms with Crippen LogP contribution in [0.2, 0.25) is 5.02 Å². The number of halogens is 4. The lowest BCUT2D eigenvalue weighted by atomic mass is 10.3. The molecule has 20 heavy (non-hydrogen) atoms. The smallest absolute Gasteiger partial charge is 0.264 e. The largest absolute Gasteiger partial charge is 0.277 e. The first kappa shape index (κ1) is 14.7. The molecule has 8 heteroatoms. The van der Waals surface area contributed by atoms with E-state index in [4.69, 9.17) is 11.6 Å². The lowest BCUT2D eigenvalue weighted by Gasteiger charge is -2.10. The van der Waals surface area contributed by atoms with Crippen molar-refractivity contribution in [2.24, 2.45) is 0 Å². The first-order valence-corrected chi connectivity index (χ1v) is 7.09. The molecule has 0 unspecified atom stereocenters. The molecule has 2 rings (SSSR count). The van der Waals surface area contributed by atoms with E-state index in [9.17, 15) is 21.6 Å². The van der Waals surface area contributed by atoms with Crippen LogP contribution < -0.4 is 4.72 Å². The molecular formula is C12H7ClF3NO2S. The molecule has 0 aliphatic heterocycles. The molecular weight excluding hydrogens is 315 g/mol. The van der Waals surface area contributed by atoms with Crippen molar-refractivity contribution >= 4 is 27.3 Å². The van der Waals surface area contributed by atoms with Gasteiger partial charge >= 0.3 is 0 Å². The predicted octanol–water partition coefficient (Wildman–Crippen LogP) is 3.56. The van der Waals surface area contributed by atoms with Crippen LogP contribution in [0.3, 0.4) is 0 Å². The molecule has 0 spiro atoms. The minimum Gasteiger partial charge on any atom is -0.277 e. The zero-order valence-electron chi connectivity index (χ0n) is 9.70. The fourth-order valence-electron chi connectivity index (χ4n) is 1.46. The van der Waals surface area contributed by atoms with Gasteiger partial charge in [-0.1, -0.05) is 17.7 Å². The molecule has 2 aromatic rings. The third kappa shape index (κ3) is 2.88. The lowest BCUT2D eigenvalue weighted by molar-refractivity contribution is 0.568. The van der Waals surface area contributed by atoms with Crippen molar-refractivity contribution in [2.75, 3.05) is 4.72 Å². The van der Waals surface area contributed by atoms with Crippen LogP contribution in [-0.4, -0.2) is 8.42 Å². The van der Waals surface area contributed by atoms with E-state index in [1.54, 1.807) is 0 Å². The van der Waals surface area contributed by atoms with Gasteiger partial charge in [0.05, 0.1) is 10.7 Å². The molecule has 0 saturated carbocycles. The molecule has 1 N–H and O–H groups in total. The van der Waals surface area contributed by atoms with E-state index in [-0.39, 0.29) is 5.02 Å². The average molecular weight is 322 g/mol. The van der Waals surface area contributed by atoms with E-state index in [2.05, 4.69) is 0 Å². The molecule has 0 aliphatic rings. The van der Waals surface area contributed by atoms with Crippen molar-refractivity contribution < 1.29 is 21.6 Å². The third-order valence-corrected chi connectivity index (χ3v) is 4.06. The molecule has 2 aromatic carbocycles. The zero-order chi connectivity index (χ0) is 14.9. The summed E-state index contributed by atoms with van der Waals surface area (Å²) in [6.45, 7) is 0. The molecule has 0 fully saturated rings. The summed E-state index contributed by atoms with van der Waals surface area (Å²) in [5.41, 5.74) is -0.495. The summed E-state index contributed by atoms with van der Waals surface area (Å²) >= 11 is 5.48. The Morgan fingerprint density at radius 2 is 1.75 bits per heavy atom. The summed E-state index contributed by atoms with van der Waals surface area (Å²) in [7, 11) is -4.37. The summed E-state index contributed by atoms with van der Waals surface area (Å²) in [4.78, 5) is -0.728. The van der Waals surface area contributed by atoms with Crippen molar-refractivity contribution in [2.45, 2.75) is 4.90 Å². The molecule has 0 atom stereocenters. The molecule has 0 heterocycles. The lowest BCUT2D eigenvalue weighted by Crippen LogP contribution is -2.15. The summed E-state index contributed by atoms with van der Waals surface area (Å²) < 4.78 is 65.5. The molecule has 0 aromatic heterocycles. The van der Waals surface area contributed by atoms with Crippen LogP contribution in [0, 0.1) is 17.5 Å². The Labute approximate surface area is 118 Å². The first-order chi connectivity index (χ1) is 9.31. The molecule has 3 nitrogen and oxygen atoms in total. The number of hydrogen-bond donors (Lipinski definition) is 1. The van der Waals surface area contributed by atoms with E-state index in [1.165, 1.54) is 12.1 Å². The van der Waals surface area contributed by atoms with E-state index >= 15 is 0 Å². The Bertz CT molecular complexity index is 765. The van der Waals surface area contributed by atoms with Gasteiger partial charge in [0.25, 0.3) is 10.0 Å². The fourth-order valence-corrected chi connectivity index (χ4v) is 2.86. The van der Waals surface area contributed by atoms with E-state index in [1.807, 2.05) is 4.72 Å². The van der Waals surface area contributed by atoms with Crippen molar-refractivity contribution in [3.63, 3.8) is 0 Å². The summed E-state index contributed by atoms with van der Waals surface area (Å²) in [5, 5.41) is -0.382. The summed E-state index contributed by atoms with van der Waals surface area (Å²) in [6, 6.07) is 5.66. The van der Waals surface area contributed by atoms with Gasteiger partial charge in [-0.25, -0.2) is 21.6 Å². The van der Waals surface area contributed by atoms with Gasteiger partial charge in [0.1, 0.15) is 16.5 Å². The van der Waals surface area contributed by atoms with Gasteiger partial charge < -0.3 is 0 Å². The Balaban J connectivity index is 2.44. The molecule has 0 amide bonds. The molecule has 0 radical (unpaired) electrons. The predicted molar refractivity (Wildman–Crippen MR) is 68.6 cm³/mol. The number of hydrogen-bond acceptors (Lipinski definition) is 2. The molecule has 0 bridgehead atoms. The number of rotatable bonds is 3.